The van der Waals surface area contributed by atoms with Gasteiger partial charge in [-0.3, -0.25) is 0 Å². The molecule has 1 aliphatic heterocycles. The summed E-state index contributed by atoms with van der Waals surface area (Å²) in [6.07, 6.45) is 3.32. The van der Waals surface area contributed by atoms with Crippen LogP contribution in [-0.2, 0) is 11.3 Å². The number of aliphatic hydroxyl groups excluding tert-OH is 1. The van der Waals surface area contributed by atoms with Gasteiger partial charge in [0.05, 0.1) is 33.5 Å². The summed E-state index contributed by atoms with van der Waals surface area (Å²) in [5.41, 5.74) is 0.923. The SMILES string of the molecule is COc1ccc(OC)c(COCC(O)CN2CCCCC2)c1. The van der Waals surface area contributed by atoms with Gasteiger partial charge in [0.15, 0.2) is 0 Å². The second-order valence-electron chi connectivity index (χ2n) is 5.71. The fraction of sp³-hybridized carbons (Fsp3) is 0.647. The van der Waals surface area contributed by atoms with Crippen LogP contribution in [0.5, 0.6) is 11.5 Å². The summed E-state index contributed by atoms with van der Waals surface area (Å²) >= 11 is 0. The number of hydrogen-bond donors (Lipinski definition) is 1. The van der Waals surface area contributed by atoms with E-state index in [4.69, 9.17) is 14.2 Å². The molecular formula is C17H27NO4. The molecule has 0 aromatic heterocycles. The Morgan fingerprint density at radius 2 is 1.91 bits per heavy atom. The summed E-state index contributed by atoms with van der Waals surface area (Å²) < 4.78 is 16.2. The van der Waals surface area contributed by atoms with Gasteiger partial charge in [0, 0.05) is 12.1 Å². The number of benzene rings is 1. The molecule has 1 aromatic carbocycles. The molecule has 0 bridgehead atoms. The van der Waals surface area contributed by atoms with Crippen molar-refractivity contribution in [3.63, 3.8) is 0 Å². The van der Waals surface area contributed by atoms with E-state index in [0.29, 0.717) is 19.8 Å². The Labute approximate surface area is 132 Å². The first-order valence-electron chi connectivity index (χ1n) is 7.92. The van der Waals surface area contributed by atoms with Crippen molar-refractivity contribution >= 4 is 0 Å². The van der Waals surface area contributed by atoms with Crippen LogP contribution in [0.3, 0.4) is 0 Å². The Bertz CT molecular complexity index is 446. The van der Waals surface area contributed by atoms with E-state index < -0.39 is 6.10 Å². The van der Waals surface area contributed by atoms with Gasteiger partial charge < -0.3 is 24.2 Å². The predicted molar refractivity (Wildman–Crippen MR) is 85.5 cm³/mol. The Hall–Kier alpha value is -1.30. The molecule has 0 spiro atoms. The highest BCUT2D eigenvalue weighted by Gasteiger charge is 2.15. The Morgan fingerprint density at radius 3 is 2.59 bits per heavy atom. The lowest BCUT2D eigenvalue weighted by molar-refractivity contribution is 0.00663. The highest BCUT2D eigenvalue weighted by Crippen LogP contribution is 2.24. The van der Waals surface area contributed by atoms with E-state index in [-0.39, 0.29) is 0 Å². The largest absolute Gasteiger partial charge is 0.497 e. The average molecular weight is 309 g/mol. The molecule has 124 valence electrons. The minimum absolute atomic E-state index is 0.330. The minimum atomic E-state index is -0.449. The number of ether oxygens (including phenoxy) is 3. The van der Waals surface area contributed by atoms with Gasteiger partial charge in [0.25, 0.3) is 0 Å². The van der Waals surface area contributed by atoms with Crippen LogP contribution in [0, 0.1) is 0 Å². The number of nitrogens with zero attached hydrogens (tertiary/aromatic N) is 1. The number of piperidine rings is 1. The molecule has 0 radical (unpaired) electrons. The number of β-amino-alcohol motifs (C(OH)–C–C–N with tert-alkyl or cyclic N) is 1. The molecule has 1 aliphatic rings. The third-order valence-corrected chi connectivity index (χ3v) is 3.97. The third-order valence-electron chi connectivity index (χ3n) is 3.97. The Morgan fingerprint density at radius 1 is 1.14 bits per heavy atom. The lowest BCUT2D eigenvalue weighted by Crippen LogP contribution is -2.38. The molecule has 1 N–H and O–H groups in total. The van der Waals surface area contributed by atoms with Crippen LogP contribution < -0.4 is 9.47 Å². The van der Waals surface area contributed by atoms with E-state index in [1.54, 1.807) is 14.2 Å². The van der Waals surface area contributed by atoms with Gasteiger partial charge in [-0.05, 0) is 44.1 Å². The number of methoxy groups -OCH3 is 2. The fourth-order valence-electron chi connectivity index (χ4n) is 2.79. The number of aliphatic hydroxyl groups is 1. The van der Waals surface area contributed by atoms with Gasteiger partial charge in [0.2, 0.25) is 0 Å². The number of hydrogen-bond acceptors (Lipinski definition) is 5. The van der Waals surface area contributed by atoms with Crippen LogP contribution in [0.4, 0.5) is 0 Å². The molecule has 1 heterocycles. The van der Waals surface area contributed by atoms with Crippen molar-refractivity contribution in [1.29, 1.82) is 0 Å². The smallest absolute Gasteiger partial charge is 0.124 e. The van der Waals surface area contributed by atoms with Crippen molar-refractivity contribution in [3.05, 3.63) is 23.8 Å². The van der Waals surface area contributed by atoms with Gasteiger partial charge in [-0.1, -0.05) is 6.42 Å². The first-order valence-corrected chi connectivity index (χ1v) is 7.92. The minimum Gasteiger partial charge on any atom is -0.497 e. The number of rotatable bonds is 8. The normalized spacial score (nSPS) is 17.2. The Kier molecular flexibility index (Phi) is 6.96. The molecule has 5 nitrogen and oxygen atoms in total. The van der Waals surface area contributed by atoms with Crippen molar-refractivity contribution in [3.8, 4) is 11.5 Å². The van der Waals surface area contributed by atoms with Crippen LogP contribution in [0.1, 0.15) is 24.8 Å². The lowest BCUT2D eigenvalue weighted by atomic mass is 10.1. The van der Waals surface area contributed by atoms with E-state index in [2.05, 4.69) is 4.90 Å². The predicted octanol–water partition coefficient (Wildman–Crippen LogP) is 2.07. The van der Waals surface area contributed by atoms with E-state index >= 15 is 0 Å². The first-order chi connectivity index (χ1) is 10.7. The molecule has 1 saturated heterocycles. The summed E-state index contributed by atoms with van der Waals surface area (Å²) in [6.45, 7) is 3.59. The fourth-order valence-corrected chi connectivity index (χ4v) is 2.79. The monoisotopic (exact) mass is 309 g/mol. The van der Waals surface area contributed by atoms with Crippen molar-refractivity contribution in [1.82, 2.24) is 4.90 Å². The maximum atomic E-state index is 10.1. The zero-order valence-electron chi connectivity index (χ0n) is 13.6. The van der Waals surface area contributed by atoms with Gasteiger partial charge in [-0.2, -0.15) is 0 Å². The van der Waals surface area contributed by atoms with Crippen molar-refractivity contribution in [2.45, 2.75) is 32.0 Å². The lowest BCUT2D eigenvalue weighted by Gasteiger charge is -2.28. The molecule has 5 heteroatoms. The summed E-state index contributed by atoms with van der Waals surface area (Å²) in [5, 5.41) is 10.1. The van der Waals surface area contributed by atoms with Crippen LogP contribution in [0.2, 0.25) is 0 Å². The van der Waals surface area contributed by atoms with E-state index in [9.17, 15) is 5.11 Å². The van der Waals surface area contributed by atoms with E-state index in [1.165, 1.54) is 19.3 Å². The van der Waals surface area contributed by atoms with E-state index in [1.807, 2.05) is 18.2 Å². The molecule has 0 aliphatic carbocycles. The van der Waals surface area contributed by atoms with Crippen molar-refractivity contribution < 1.29 is 19.3 Å². The summed E-state index contributed by atoms with van der Waals surface area (Å²) in [4.78, 5) is 2.31. The summed E-state index contributed by atoms with van der Waals surface area (Å²) in [5.74, 6) is 1.54. The second-order valence-corrected chi connectivity index (χ2v) is 5.71. The summed E-state index contributed by atoms with van der Waals surface area (Å²) in [7, 11) is 3.27. The maximum absolute atomic E-state index is 10.1. The summed E-state index contributed by atoms with van der Waals surface area (Å²) in [6, 6.07) is 5.62. The Balaban J connectivity index is 1.77. The van der Waals surface area contributed by atoms with Crippen LogP contribution in [0.25, 0.3) is 0 Å². The van der Waals surface area contributed by atoms with Gasteiger partial charge in [-0.25, -0.2) is 0 Å². The molecule has 0 saturated carbocycles. The van der Waals surface area contributed by atoms with Gasteiger partial charge in [-0.15, -0.1) is 0 Å². The van der Waals surface area contributed by atoms with Crippen LogP contribution >= 0.6 is 0 Å². The molecule has 1 fully saturated rings. The second kappa shape index (κ2) is 8.98. The third kappa shape index (κ3) is 5.16. The number of likely N-dealkylation sites (tertiary alicyclic amines) is 1. The van der Waals surface area contributed by atoms with Crippen LogP contribution in [0.15, 0.2) is 18.2 Å². The highest BCUT2D eigenvalue weighted by molar-refractivity contribution is 5.39. The van der Waals surface area contributed by atoms with Gasteiger partial charge >= 0.3 is 0 Å². The van der Waals surface area contributed by atoms with E-state index in [0.717, 1.165) is 30.2 Å². The molecule has 1 unspecified atom stereocenters. The molecule has 1 atom stereocenters. The molecule has 22 heavy (non-hydrogen) atoms. The zero-order valence-corrected chi connectivity index (χ0v) is 13.6. The average Bonchev–Trinajstić information content (AvgIpc) is 2.55. The molecule has 0 amide bonds. The van der Waals surface area contributed by atoms with Crippen LogP contribution in [-0.4, -0.2) is 56.6 Å². The quantitative estimate of drug-likeness (QED) is 0.796. The molecular weight excluding hydrogens is 282 g/mol. The van der Waals surface area contributed by atoms with Crippen molar-refractivity contribution in [2.75, 3.05) is 40.5 Å². The maximum Gasteiger partial charge on any atom is 0.124 e. The van der Waals surface area contributed by atoms with Gasteiger partial charge in [0.1, 0.15) is 11.5 Å². The zero-order chi connectivity index (χ0) is 15.8. The topological polar surface area (TPSA) is 51.2 Å². The standard InChI is InChI=1S/C17H27NO4/c1-20-16-6-7-17(21-2)14(10-16)12-22-13-15(19)11-18-8-4-3-5-9-18/h6-7,10,15,19H,3-5,8-9,11-13H2,1-2H3. The van der Waals surface area contributed by atoms with Crippen molar-refractivity contribution in [2.24, 2.45) is 0 Å². The molecule has 2 rings (SSSR count). The first kappa shape index (κ1) is 17.1. The highest BCUT2D eigenvalue weighted by atomic mass is 16.5. The molecule has 1 aromatic rings.